The zero-order chi connectivity index (χ0) is 21.9. The molecule has 6 unspecified atom stereocenters. The van der Waals surface area contributed by atoms with Crippen LogP contribution in [0.4, 0.5) is 11.6 Å². The first-order chi connectivity index (χ1) is 15.7. The van der Waals surface area contributed by atoms with E-state index < -0.39 is 0 Å². The van der Waals surface area contributed by atoms with Crippen LogP contribution in [0.2, 0.25) is 0 Å². The molecule has 0 spiro atoms. The standard InChI is InChI=1S/C27H39N3O2/c31-26(22-14-12-18-6-1-3-8-20(18)16-22)29-24-10-5-11-25(28-24)30-27(32)23-15-13-19-7-2-4-9-21(19)17-23/h5,10-11,18-23H,1-4,6-9,12-17H2,(H2,28,29,30,31,32). The molecule has 6 atom stereocenters. The molecule has 5 rings (SSSR count). The number of nitrogens with one attached hydrogen (secondary N) is 2. The van der Waals surface area contributed by atoms with Crippen LogP contribution in [-0.4, -0.2) is 16.8 Å². The van der Waals surface area contributed by atoms with Crippen molar-refractivity contribution in [1.29, 1.82) is 0 Å². The predicted molar refractivity (Wildman–Crippen MR) is 127 cm³/mol. The highest BCUT2D eigenvalue weighted by molar-refractivity contribution is 5.93. The van der Waals surface area contributed by atoms with Crippen LogP contribution in [0.5, 0.6) is 0 Å². The molecule has 4 aliphatic rings. The lowest BCUT2D eigenvalue weighted by atomic mass is 9.67. The van der Waals surface area contributed by atoms with Gasteiger partial charge in [-0.1, -0.05) is 57.4 Å². The molecule has 1 heterocycles. The minimum absolute atomic E-state index is 0.0973. The molecule has 4 saturated carbocycles. The minimum atomic E-state index is 0.0973. The maximum Gasteiger partial charge on any atom is 0.228 e. The van der Waals surface area contributed by atoms with Gasteiger partial charge in [0.2, 0.25) is 11.8 Å². The monoisotopic (exact) mass is 437 g/mol. The van der Waals surface area contributed by atoms with Gasteiger partial charge >= 0.3 is 0 Å². The molecule has 0 bridgehead atoms. The van der Waals surface area contributed by atoms with E-state index in [-0.39, 0.29) is 23.7 Å². The van der Waals surface area contributed by atoms with E-state index in [9.17, 15) is 9.59 Å². The van der Waals surface area contributed by atoms with Gasteiger partial charge in [-0.05, 0) is 74.3 Å². The summed E-state index contributed by atoms with van der Waals surface area (Å²) in [7, 11) is 0. The summed E-state index contributed by atoms with van der Waals surface area (Å²) in [6, 6.07) is 5.52. The van der Waals surface area contributed by atoms with Crippen LogP contribution in [0.3, 0.4) is 0 Å². The van der Waals surface area contributed by atoms with Crippen molar-refractivity contribution in [2.24, 2.45) is 35.5 Å². The lowest BCUT2D eigenvalue weighted by Gasteiger charge is -2.38. The summed E-state index contributed by atoms with van der Waals surface area (Å²) < 4.78 is 0. The van der Waals surface area contributed by atoms with Crippen LogP contribution in [-0.2, 0) is 9.59 Å². The number of aromatic nitrogens is 1. The Balaban J connectivity index is 1.15. The van der Waals surface area contributed by atoms with E-state index in [0.717, 1.165) is 49.4 Å². The third-order valence-corrected chi connectivity index (χ3v) is 9.07. The SMILES string of the molecule is O=C(Nc1cccc(NC(=O)C2CCC3CCCCC3C2)n1)C1CCC2CCCCC2C1. The number of nitrogens with zero attached hydrogens (tertiary/aromatic N) is 1. The molecule has 174 valence electrons. The molecule has 1 aromatic heterocycles. The molecule has 2 N–H and O–H groups in total. The lowest BCUT2D eigenvalue weighted by Crippen LogP contribution is -2.34. The van der Waals surface area contributed by atoms with Crippen molar-refractivity contribution in [1.82, 2.24) is 4.98 Å². The molecule has 2 amide bonds. The van der Waals surface area contributed by atoms with Crippen molar-refractivity contribution in [3.8, 4) is 0 Å². The summed E-state index contributed by atoms with van der Waals surface area (Å²) in [4.78, 5) is 30.4. The second kappa shape index (κ2) is 9.93. The smallest absolute Gasteiger partial charge is 0.228 e. The van der Waals surface area contributed by atoms with Crippen molar-refractivity contribution < 1.29 is 9.59 Å². The molecule has 32 heavy (non-hydrogen) atoms. The second-order valence-electron chi connectivity index (χ2n) is 11.0. The van der Waals surface area contributed by atoms with Crippen LogP contribution in [0.25, 0.3) is 0 Å². The summed E-state index contributed by atoms with van der Waals surface area (Å²) in [5.41, 5.74) is 0. The lowest BCUT2D eigenvalue weighted by molar-refractivity contribution is -0.122. The van der Waals surface area contributed by atoms with Gasteiger partial charge < -0.3 is 10.6 Å². The Bertz CT molecular complexity index is 762. The number of pyridine rings is 1. The van der Waals surface area contributed by atoms with Gasteiger partial charge in [-0.25, -0.2) is 4.98 Å². The zero-order valence-corrected chi connectivity index (χ0v) is 19.4. The average Bonchev–Trinajstić information content (AvgIpc) is 2.83. The molecule has 4 fully saturated rings. The highest BCUT2D eigenvalue weighted by Crippen LogP contribution is 2.44. The fourth-order valence-electron chi connectivity index (χ4n) is 7.25. The number of carbonyl (C=O) groups excluding carboxylic acids is 2. The van der Waals surface area contributed by atoms with E-state index in [2.05, 4.69) is 15.6 Å². The van der Waals surface area contributed by atoms with Crippen molar-refractivity contribution in [3.63, 3.8) is 0 Å². The summed E-state index contributed by atoms with van der Waals surface area (Å²) in [6.45, 7) is 0. The molecular formula is C27H39N3O2. The number of fused-ring (bicyclic) bond motifs is 2. The van der Waals surface area contributed by atoms with Crippen molar-refractivity contribution >= 4 is 23.5 Å². The summed E-state index contributed by atoms with van der Waals surface area (Å²) in [5, 5.41) is 6.07. The maximum absolute atomic E-state index is 12.9. The number of rotatable bonds is 4. The molecular weight excluding hydrogens is 398 g/mol. The van der Waals surface area contributed by atoms with Gasteiger partial charge in [0.05, 0.1) is 0 Å². The van der Waals surface area contributed by atoms with E-state index in [1.165, 1.54) is 64.2 Å². The predicted octanol–water partition coefficient (Wildman–Crippen LogP) is 6.17. The molecule has 4 aliphatic carbocycles. The maximum atomic E-state index is 12.9. The Morgan fingerprint density at radius 2 is 1.06 bits per heavy atom. The number of hydrogen-bond acceptors (Lipinski definition) is 3. The fraction of sp³-hybridized carbons (Fsp3) is 0.741. The van der Waals surface area contributed by atoms with Crippen LogP contribution in [0.15, 0.2) is 18.2 Å². The average molecular weight is 438 g/mol. The minimum Gasteiger partial charge on any atom is -0.310 e. The van der Waals surface area contributed by atoms with Crippen molar-refractivity contribution in [3.05, 3.63) is 18.2 Å². The third-order valence-electron chi connectivity index (χ3n) is 9.07. The van der Waals surface area contributed by atoms with E-state index in [4.69, 9.17) is 0 Å². The van der Waals surface area contributed by atoms with Crippen molar-refractivity contribution in [2.45, 2.75) is 89.9 Å². The van der Waals surface area contributed by atoms with E-state index in [0.29, 0.717) is 11.6 Å². The largest absolute Gasteiger partial charge is 0.310 e. The van der Waals surface area contributed by atoms with Crippen molar-refractivity contribution in [2.75, 3.05) is 10.6 Å². The molecule has 5 heteroatoms. The number of anilines is 2. The third kappa shape index (κ3) is 5.02. The van der Waals surface area contributed by atoms with Gasteiger partial charge in [0.25, 0.3) is 0 Å². The molecule has 0 radical (unpaired) electrons. The Kier molecular flexibility index (Phi) is 6.80. The first kappa shape index (κ1) is 21.9. The molecule has 1 aromatic rings. The van der Waals surface area contributed by atoms with Gasteiger partial charge in [-0.2, -0.15) is 0 Å². The number of hydrogen-bond donors (Lipinski definition) is 2. The molecule has 0 aliphatic heterocycles. The quantitative estimate of drug-likeness (QED) is 0.591. The van der Waals surface area contributed by atoms with Crippen LogP contribution in [0.1, 0.15) is 89.9 Å². The fourth-order valence-corrected chi connectivity index (χ4v) is 7.25. The molecule has 0 aromatic carbocycles. The Morgan fingerprint density at radius 3 is 1.53 bits per heavy atom. The Hall–Kier alpha value is -1.91. The van der Waals surface area contributed by atoms with Crippen LogP contribution in [0, 0.1) is 35.5 Å². The molecule has 5 nitrogen and oxygen atoms in total. The van der Waals surface area contributed by atoms with E-state index in [1.807, 2.05) is 18.2 Å². The highest BCUT2D eigenvalue weighted by atomic mass is 16.2. The summed E-state index contributed by atoms with van der Waals surface area (Å²) in [5.74, 6) is 4.63. The first-order valence-electron chi connectivity index (χ1n) is 13.2. The van der Waals surface area contributed by atoms with Gasteiger partial charge in [0, 0.05) is 11.8 Å². The van der Waals surface area contributed by atoms with Gasteiger partial charge in [-0.15, -0.1) is 0 Å². The zero-order valence-electron chi connectivity index (χ0n) is 19.4. The number of carbonyl (C=O) groups is 2. The van der Waals surface area contributed by atoms with Gasteiger partial charge in [-0.3, -0.25) is 9.59 Å². The van der Waals surface area contributed by atoms with Gasteiger partial charge in [0.1, 0.15) is 11.6 Å². The normalized spacial score (nSPS) is 34.6. The van der Waals surface area contributed by atoms with E-state index in [1.54, 1.807) is 0 Å². The summed E-state index contributed by atoms with van der Waals surface area (Å²) >= 11 is 0. The topological polar surface area (TPSA) is 71.1 Å². The Morgan fingerprint density at radius 1 is 0.625 bits per heavy atom. The van der Waals surface area contributed by atoms with Crippen LogP contribution < -0.4 is 10.6 Å². The highest BCUT2D eigenvalue weighted by Gasteiger charge is 2.36. The Labute approximate surface area is 192 Å². The number of amides is 2. The van der Waals surface area contributed by atoms with Gasteiger partial charge in [0.15, 0.2) is 0 Å². The van der Waals surface area contributed by atoms with Crippen LogP contribution >= 0.6 is 0 Å². The molecule has 0 saturated heterocycles. The summed E-state index contributed by atoms with van der Waals surface area (Å²) in [6.07, 6.45) is 17.1. The van der Waals surface area contributed by atoms with E-state index >= 15 is 0 Å². The second-order valence-corrected chi connectivity index (χ2v) is 11.0. The first-order valence-corrected chi connectivity index (χ1v) is 13.2.